The van der Waals surface area contributed by atoms with E-state index in [1.165, 1.54) is 7.11 Å². The largest absolute Gasteiger partial charge is 0.464 e. The second-order valence-corrected chi connectivity index (χ2v) is 4.11. The molecular formula is C12H12N4O2S. The Labute approximate surface area is 115 Å². The topological polar surface area (TPSA) is 82.2 Å². The molecule has 0 amide bonds. The third kappa shape index (κ3) is 3.08. The third-order valence-electron chi connectivity index (χ3n) is 2.38. The van der Waals surface area contributed by atoms with Crippen molar-refractivity contribution in [2.24, 2.45) is 5.73 Å². The minimum absolute atomic E-state index is 0.208. The predicted octanol–water partition coefficient (Wildman–Crippen LogP) is 1.31. The minimum Gasteiger partial charge on any atom is -0.464 e. The third-order valence-corrected chi connectivity index (χ3v) is 2.49. The molecule has 0 aliphatic carbocycles. The molecule has 98 valence electrons. The van der Waals surface area contributed by atoms with Crippen LogP contribution in [0.2, 0.25) is 0 Å². The average molecular weight is 276 g/mol. The maximum atomic E-state index is 11.3. The van der Waals surface area contributed by atoms with Gasteiger partial charge in [-0.15, -0.1) is 0 Å². The summed E-state index contributed by atoms with van der Waals surface area (Å²) in [7, 11) is 1.32. The number of methoxy groups -OCH3 is 1. The number of esters is 1. The van der Waals surface area contributed by atoms with Gasteiger partial charge in [0.2, 0.25) is 0 Å². The zero-order chi connectivity index (χ0) is 13.8. The molecule has 7 heteroatoms. The molecule has 0 unspecified atom stereocenters. The number of hydrogen-bond acceptors (Lipinski definition) is 4. The Morgan fingerprint density at radius 2 is 2.05 bits per heavy atom. The summed E-state index contributed by atoms with van der Waals surface area (Å²) in [5, 5.41) is 7.14. The molecule has 0 bridgehead atoms. The van der Waals surface area contributed by atoms with Gasteiger partial charge in [-0.2, -0.15) is 5.10 Å². The second kappa shape index (κ2) is 5.49. The predicted molar refractivity (Wildman–Crippen MR) is 75.3 cm³/mol. The van der Waals surface area contributed by atoms with E-state index in [1.54, 1.807) is 16.9 Å². The molecule has 0 saturated carbocycles. The molecule has 1 heterocycles. The number of benzene rings is 1. The van der Waals surface area contributed by atoms with Crippen LogP contribution in [-0.2, 0) is 4.74 Å². The van der Waals surface area contributed by atoms with Crippen molar-refractivity contribution < 1.29 is 9.53 Å². The van der Waals surface area contributed by atoms with Crippen LogP contribution in [0.4, 0.5) is 5.69 Å². The van der Waals surface area contributed by atoms with Crippen molar-refractivity contribution >= 4 is 29.0 Å². The highest BCUT2D eigenvalue weighted by Gasteiger charge is 2.09. The van der Waals surface area contributed by atoms with Crippen molar-refractivity contribution in [2.45, 2.75) is 0 Å². The van der Waals surface area contributed by atoms with Gasteiger partial charge in [0, 0.05) is 11.9 Å². The number of thiocarbonyl (C=S) groups is 1. The van der Waals surface area contributed by atoms with Crippen LogP contribution in [0, 0.1) is 0 Å². The van der Waals surface area contributed by atoms with Crippen LogP contribution in [0.25, 0.3) is 5.69 Å². The van der Waals surface area contributed by atoms with Gasteiger partial charge in [-0.05, 0) is 42.5 Å². The van der Waals surface area contributed by atoms with Crippen molar-refractivity contribution in [1.82, 2.24) is 9.78 Å². The second-order valence-electron chi connectivity index (χ2n) is 3.67. The van der Waals surface area contributed by atoms with Crippen molar-refractivity contribution in [1.29, 1.82) is 0 Å². The highest BCUT2D eigenvalue weighted by Crippen LogP contribution is 2.13. The standard InChI is InChI=1S/C12H12N4O2S/c1-18-11(17)10-6-7-16(15-10)9-4-2-8(3-5-9)14-12(13)19/h2-7H,1H3,(H3,13,14,19). The first-order valence-electron chi connectivity index (χ1n) is 5.41. The molecule has 1 aromatic carbocycles. The maximum Gasteiger partial charge on any atom is 0.358 e. The maximum absolute atomic E-state index is 11.3. The summed E-state index contributed by atoms with van der Waals surface area (Å²) in [4.78, 5) is 11.3. The molecule has 0 radical (unpaired) electrons. The normalized spacial score (nSPS) is 9.95. The smallest absolute Gasteiger partial charge is 0.358 e. The van der Waals surface area contributed by atoms with Gasteiger partial charge >= 0.3 is 5.97 Å². The Hall–Kier alpha value is -2.41. The molecule has 0 atom stereocenters. The van der Waals surface area contributed by atoms with Gasteiger partial charge in [0.05, 0.1) is 12.8 Å². The summed E-state index contributed by atoms with van der Waals surface area (Å²) in [6, 6.07) is 8.87. The van der Waals surface area contributed by atoms with Gasteiger partial charge in [-0.1, -0.05) is 0 Å². The van der Waals surface area contributed by atoms with Gasteiger partial charge in [0.1, 0.15) is 0 Å². The first kappa shape index (κ1) is 13.0. The number of hydrogen-bond donors (Lipinski definition) is 2. The Morgan fingerprint density at radius 1 is 1.37 bits per heavy atom. The lowest BCUT2D eigenvalue weighted by atomic mass is 10.3. The first-order chi connectivity index (χ1) is 9.10. The number of nitrogens with two attached hydrogens (primary N) is 1. The van der Waals surface area contributed by atoms with E-state index in [-0.39, 0.29) is 10.8 Å². The van der Waals surface area contributed by atoms with Crippen molar-refractivity contribution in [3.05, 3.63) is 42.2 Å². The SMILES string of the molecule is COC(=O)c1ccn(-c2ccc(NC(N)=S)cc2)n1. The van der Waals surface area contributed by atoms with E-state index in [2.05, 4.69) is 15.2 Å². The number of anilines is 1. The van der Waals surface area contributed by atoms with Crippen LogP contribution in [0.15, 0.2) is 36.5 Å². The van der Waals surface area contributed by atoms with E-state index in [0.717, 1.165) is 11.4 Å². The Balaban J connectivity index is 2.20. The van der Waals surface area contributed by atoms with E-state index in [4.69, 9.17) is 18.0 Å². The minimum atomic E-state index is -0.467. The fourth-order valence-corrected chi connectivity index (χ4v) is 1.64. The zero-order valence-corrected chi connectivity index (χ0v) is 11.0. The number of carbonyl (C=O) groups excluding carboxylic acids is 1. The van der Waals surface area contributed by atoms with Crippen molar-refractivity contribution in [3.63, 3.8) is 0 Å². The van der Waals surface area contributed by atoms with E-state index >= 15 is 0 Å². The lowest BCUT2D eigenvalue weighted by molar-refractivity contribution is 0.0593. The fraction of sp³-hybridized carbons (Fsp3) is 0.0833. The highest BCUT2D eigenvalue weighted by molar-refractivity contribution is 7.80. The summed E-state index contributed by atoms with van der Waals surface area (Å²) in [5.41, 5.74) is 7.23. The average Bonchev–Trinajstić information content (AvgIpc) is 2.87. The van der Waals surface area contributed by atoms with Crippen LogP contribution >= 0.6 is 12.2 Å². The van der Waals surface area contributed by atoms with Gasteiger partial charge < -0.3 is 15.8 Å². The summed E-state index contributed by atoms with van der Waals surface area (Å²) in [5.74, 6) is -0.467. The molecule has 2 rings (SSSR count). The molecule has 19 heavy (non-hydrogen) atoms. The molecule has 1 aromatic heterocycles. The van der Waals surface area contributed by atoms with E-state index in [0.29, 0.717) is 0 Å². The fourth-order valence-electron chi connectivity index (χ4n) is 1.52. The molecule has 0 saturated heterocycles. The number of rotatable bonds is 3. The molecule has 0 spiro atoms. The Morgan fingerprint density at radius 3 is 2.63 bits per heavy atom. The number of nitrogens with one attached hydrogen (secondary N) is 1. The van der Waals surface area contributed by atoms with Crippen molar-refractivity contribution in [2.75, 3.05) is 12.4 Å². The van der Waals surface area contributed by atoms with E-state index < -0.39 is 5.97 Å². The molecule has 0 aliphatic rings. The van der Waals surface area contributed by atoms with Gasteiger partial charge in [0.15, 0.2) is 10.8 Å². The zero-order valence-electron chi connectivity index (χ0n) is 10.2. The summed E-state index contributed by atoms with van der Waals surface area (Å²) >= 11 is 4.75. The van der Waals surface area contributed by atoms with Gasteiger partial charge in [-0.3, -0.25) is 0 Å². The van der Waals surface area contributed by atoms with Crippen LogP contribution in [0.3, 0.4) is 0 Å². The number of carbonyl (C=O) groups is 1. The Bertz CT molecular complexity index is 606. The van der Waals surface area contributed by atoms with Crippen LogP contribution in [0.5, 0.6) is 0 Å². The molecule has 0 aliphatic heterocycles. The van der Waals surface area contributed by atoms with Gasteiger partial charge in [0.25, 0.3) is 0 Å². The summed E-state index contributed by atoms with van der Waals surface area (Å²) in [6.07, 6.45) is 1.68. The van der Waals surface area contributed by atoms with E-state index in [1.807, 2.05) is 24.3 Å². The molecular weight excluding hydrogens is 264 g/mol. The quantitative estimate of drug-likeness (QED) is 0.650. The van der Waals surface area contributed by atoms with Crippen LogP contribution in [-0.4, -0.2) is 28.0 Å². The Kier molecular flexibility index (Phi) is 3.76. The summed E-state index contributed by atoms with van der Waals surface area (Å²) in [6.45, 7) is 0. The first-order valence-corrected chi connectivity index (χ1v) is 5.82. The highest BCUT2D eigenvalue weighted by atomic mass is 32.1. The van der Waals surface area contributed by atoms with Gasteiger partial charge in [-0.25, -0.2) is 9.48 Å². The van der Waals surface area contributed by atoms with E-state index in [9.17, 15) is 4.79 Å². The molecule has 6 nitrogen and oxygen atoms in total. The molecule has 0 fully saturated rings. The lowest BCUT2D eigenvalue weighted by Gasteiger charge is -2.05. The molecule has 2 aromatic rings. The monoisotopic (exact) mass is 276 g/mol. The number of aromatic nitrogens is 2. The molecule has 3 N–H and O–H groups in total. The van der Waals surface area contributed by atoms with Crippen LogP contribution < -0.4 is 11.1 Å². The summed E-state index contributed by atoms with van der Waals surface area (Å²) < 4.78 is 6.18. The lowest BCUT2D eigenvalue weighted by Crippen LogP contribution is -2.18. The number of ether oxygens (including phenoxy) is 1. The van der Waals surface area contributed by atoms with Crippen molar-refractivity contribution in [3.8, 4) is 5.69 Å². The van der Waals surface area contributed by atoms with Crippen LogP contribution in [0.1, 0.15) is 10.5 Å². The number of nitrogens with zero attached hydrogens (tertiary/aromatic N) is 2.